The van der Waals surface area contributed by atoms with Gasteiger partial charge in [-0.3, -0.25) is 0 Å². The summed E-state index contributed by atoms with van der Waals surface area (Å²) in [5, 5.41) is 11.7. The number of aliphatic hydroxyl groups excluding tert-OH is 1. The SMILES string of the molecule is C=CCOc1cccc(NC(=O)N(CC=C)CCO)c1. The number of benzene rings is 1. The summed E-state index contributed by atoms with van der Waals surface area (Å²) in [5.41, 5.74) is 0.628. The van der Waals surface area contributed by atoms with Crippen molar-refractivity contribution in [1.29, 1.82) is 0 Å². The Hall–Kier alpha value is -2.27. The summed E-state index contributed by atoms with van der Waals surface area (Å²) >= 11 is 0. The van der Waals surface area contributed by atoms with Gasteiger partial charge in [0.05, 0.1) is 6.61 Å². The summed E-state index contributed by atoms with van der Waals surface area (Å²) in [6.07, 6.45) is 3.26. The first-order valence-corrected chi connectivity index (χ1v) is 6.32. The van der Waals surface area contributed by atoms with Crippen LogP contribution in [0.3, 0.4) is 0 Å². The number of nitrogens with one attached hydrogen (secondary N) is 1. The van der Waals surface area contributed by atoms with Crippen LogP contribution in [0.5, 0.6) is 5.75 Å². The van der Waals surface area contributed by atoms with Gasteiger partial charge in [0.25, 0.3) is 0 Å². The molecule has 0 radical (unpaired) electrons. The lowest BCUT2D eigenvalue weighted by Crippen LogP contribution is -2.37. The van der Waals surface area contributed by atoms with Crippen LogP contribution >= 0.6 is 0 Å². The number of ether oxygens (including phenoxy) is 1. The van der Waals surface area contributed by atoms with E-state index in [9.17, 15) is 4.79 Å². The Kier molecular flexibility index (Phi) is 6.92. The van der Waals surface area contributed by atoms with Gasteiger partial charge < -0.3 is 20.1 Å². The van der Waals surface area contributed by atoms with Gasteiger partial charge in [-0.2, -0.15) is 0 Å². The van der Waals surface area contributed by atoms with Crippen LogP contribution in [0.1, 0.15) is 0 Å². The van der Waals surface area contributed by atoms with E-state index in [1.54, 1.807) is 36.4 Å². The smallest absolute Gasteiger partial charge is 0.322 e. The van der Waals surface area contributed by atoms with Gasteiger partial charge in [-0.15, -0.1) is 6.58 Å². The Balaban J connectivity index is 2.68. The van der Waals surface area contributed by atoms with Crippen molar-refractivity contribution in [3.05, 3.63) is 49.6 Å². The Morgan fingerprint density at radius 3 is 2.85 bits per heavy atom. The second kappa shape index (κ2) is 8.77. The molecular formula is C15H20N2O3. The molecule has 1 aromatic carbocycles. The molecule has 0 heterocycles. The van der Waals surface area contributed by atoms with Gasteiger partial charge in [0, 0.05) is 24.8 Å². The highest BCUT2D eigenvalue weighted by atomic mass is 16.5. The van der Waals surface area contributed by atoms with Crippen LogP contribution in [0, 0.1) is 0 Å². The van der Waals surface area contributed by atoms with Crippen molar-refractivity contribution in [2.24, 2.45) is 0 Å². The fourth-order valence-corrected chi connectivity index (χ4v) is 1.57. The standard InChI is InChI=1S/C15H20N2O3/c1-3-8-17(9-10-18)15(19)16-13-6-5-7-14(12-13)20-11-4-2/h3-7,12,18H,1-2,8-11H2,(H,16,19). The number of anilines is 1. The molecule has 2 N–H and O–H groups in total. The van der Waals surface area contributed by atoms with E-state index in [1.165, 1.54) is 4.90 Å². The molecule has 108 valence electrons. The number of amides is 2. The molecule has 0 aliphatic heterocycles. The van der Waals surface area contributed by atoms with Gasteiger partial charge in [0.1, 0.15) is 12.4 Å². The van der Waals surface area contributed by atoms with Crippen LogP contribution in [0.4, 0.5) is 10.5 Å². The second-order valence-corrected chi connectivity index (χ2v) is 4.02. The molecule has 0 atom stereocenters. The van der Waals surface area contributed by atoms with Gasteiger partial charge >= 0.3 is 6.03 Å². The molecule has 0 aliphatic rings. The molecule has 0 unspecified atom stereocenters. The minimum atomic E-state index is -0.292. The molecule has 0 aromatic heterocycles. The lowest BCUT2D eigenvalue weighted by molar-refractivity contribution is 0.195. The number of aliphatic hydroxyl groups is 1. The van der Waals surface area contributed by atoms with E-state index in [-0.39, 0.29) is 19.2 Å². The van der Waals surface area contributed by atoms with Crippen molar-refractivity contribution in [3.8, 4) is 5.75 Å². The zero-order valence-corrected chi connectivity index (χ0v) is 11.4. The van der Waals surface area contributed by atoms with E-state index in [2.05, 4.69) is 18.5 Å². The van der Waals surface area contributed by atoms with Crippen molar-refractivity contribution < 1.29 is 14.6 Å². The minimum absolute atomic E-state index is 0.0935. The zero-order valence-electron chi connectivity index (χ0n) is 11.4. The summed E-state index contributed by atoms with van der Waals surface area (Å²) in [6.45, 7) is 8.11. The molecule has 1 rings (SSSR count). The summed E-state index contributed by atoms with van der Waals surface area (Å²) in [7, 11) is 0. The molecule has 2 amide bonds. The number of urea groups is 1. The van der Waals surface area contributed by atoms with Crippen molar-refractivity contribution in [2.45, 2.75) is 0 Å². The predicted octanol–water partition coefficient (Wildman–Crippen LogP) is 2.26. The van der Waals surface area contributed by atoms with Gasteiger partial charge in [0.15, 0.2) is 0 Å². The van der Waals surface area contributed by atoms with E-state index in [0.29, 0.717) is 24.6 Å². The van der Waals surface area contributed by atoms with Crippen LogP contribution in [0.15, 0.2) is 49.6 Å². The first-order valence-electron chi connectivity index (χ1n) is 6.32. The molecule has 0 saturated carbocycles. The van der Waals surface area contributed by atoms with Crippen LogP contribution in [-0.4, -0.2) is 42.3 Å². The quantitative estimate of drug-likeness (QED) is 0.716. The second-order valence-electron chi connectivity index (χ2n) is 4.02. The largest absolute Gasteiger partial charge is 0.489 e. The molecule has 0 fully saturated rings. The highest BCUT2D eigenvalue weighted by Crippen LogP contribution is 2.17. The maximum Gasteiger partial charge on any atom is 0.322 e. The third-order valence-corrected chi connectivity index (χ3v) is 2.46. The maximum atomic E-state index is 12.0. The first kappa shape index (κ1) is 15.8. The number of carbonyl (C=O) groups excluding carboxylic acids is 1. The number of hydrogen-bond donors (Lipinski definition) is 2. The van der Waals surface area contributed by atoms with E-state index in [4.69, 9.17) is 9.84 Å². The third kappa shape index (κ3) is 5.16. The van der Waals surface area contributed by atoms with Gasteiger partial charge in [-0.1, -0.05) is 24.8 Å². The average molecular weight is 276 g/mol. The van der Waals surface area contributed by atoms with Crippen molar-refractivity contribution in [2.75, 3.05) is 31.6 Å². The molecule has 1 aromatic rings. The van der Waals surface area contributed by atoms with Crippen LogP contribution in [0.25, 0.3) is 0 Å². The molecule has 0 aliphatic carbocycles. The van der Waals surface area contributed by atoms with Gasteiger partial charge in [-0.25, -0.2) is 4.79 Å². The van der Waals surface area contributed by atoms with Crippen LogP contribution in [-0.2, 0) is 0 Å². The predicted molar refractivity (Wildman–Crippen MR) is 80.0 cm³/mol. The molecule has 5 nitrogen and oxygen atoms in total. The monoisotopic (exact) mass is 276 g/mol. The fraction of sp³-hybridized carbons (Fsp3) is 0.267. The highest BCUT2D eigenvalue weighted by molar-refractivity contribution is 5.89. The Morgan fingerprint density at radius 1 is 1.40 bits per heavy atom. The van der Waals surface area contributed by atoms with Crippen LogP contribution < -0.4 is 10.1 Å². The topological polar surface area (TPSA) is 61.8 Å². The molecule has 20 heavy (non-hydrogen) atoms. The lowest BCUT2D eigenvalue weighted by Gasteiger charge is -2.20. The molecular weight excluding hydrogens is 256 g/mol. The normalized spacial score (nSPS) is 9.65. The Bertz CT molecular complexity index is 460. The minimum Gasteiger partial charge on any atom is -0.489 e. The molecule has 0 saturated heterocycles. The Labute approximate surface area is 119 Å². The summed E-state index contributed by atoms with van der Waals surface area (Å²) in [4.78, 5) is 13.5. The van der Waals surface area contributed by atoms with E-state index in [1.807, 2.05) is 0 Å². The Morgan fingerprint density at radius 2 is 2.20 bits per heavy atom. The lowest BCUT2D eigenvalue weighted by atomic mass is 10.3. The number of nitrogens with zero attached hydrogens (tertiary/aromatic N) is 1. The van der Waals surface area contributed by atoms with E-state index >= 15 is 0 Å². The van der Waals surface area contributed by atoms with Crippen molar-refractivity contribution >= 4 is 11.7 Å². The van der Waals surface area contributed by atoms with E-state index in [0.717, 1.165) is 0 Å². The summed E-state index contributed by atoms with van der Waals surface area (Å²) in [6, 6.07) is 6.79. The zero-order chi connectivity index (χ0) is 14.8. The summed E-state index contributed by atoms with van der Waals surface area (Å²) < 4.78 is 5.39. The van der Waals surface area contributed by atoms with Crippen molar-refractivity contribution in [1.82, 2.24) is 4.90 Å². The average Bonchev–Trinajstić information content (AvgIpc) is 2.45. The van der Waals surface area contributed by atoms with Crippen molar-refractivity contribution in [3.63, 3.8) is 0 Å². The van der Waals surface area contributed by atoms with E-state index < -0.39 is 0 Å². The number of hydrogen-bond acceptors (Lipinski definition) is 3. The third-order valence-electron chi connectivity index (χ3n) is 2.46. The maximum absolute atomic E-state index is 12.0. The fourth-order valence-electron chi connectivity index (χ4n) is 1.57. The molecule has 0 spiro atoms. The van der Waals surface area contributed by atoms with Crippen LogP contribution in [0.2, 0.25) is 0 Å². The highest BCUT2D eigenvalue weighted by Gasteiger charge is 2.11. The molecule has 5 heteroatoms. The van der Waals surface area contributed by atoms with Gasteiger partial charge in [0.2, 0.25) is 0 Å². The van der Waals surface area contributed by atoms with Gasteiger partial charge in [-0.05, 0) is 12.1 Å². The summed E-state index contributed by atoms with van der Waals surface area (Å²) in [5.74, 6) is 0.653. The molecule has 0 bridgehead atoms. The number of rotatable bonds is 8. The first-order chi connectivity index (χ1) is 9.71. The number of carbonyl (C=O) groups is 1.